The molecule has 2 rings (SSSR count). The van der Waals surface area contributed by atoms with Crippen LogP contribution in [0.1, 0.15) is 33.1 Å². The highest BCUT2D eigenvalue weighted by Crippen LogP contribution is 2.39. The Balaban J connectivity index is 2.44. The lowest BCUT2D eigenvalue weighted by atomic mass is 10.0. The summed E-state index contributed by atoms with van der Waals surface area (Å²) in [6.45, 7) is 5.03. The molecule has 1 aromatic rings. The van der Waals surface area contributed by atoms with Crippen LogP contribution in [0.3, 0.4) is 0 Å². The van der Waals surface area contributed by atoms with E-state index in [0.717, 1.165) is 25.8 Å². The van der Waals surface area contributed by atoms with Crippen LogP contribution < -0.4 is 15.4 Å². The van der Waals surface area contributed by atoms with Crippen LogP contribution in [0.2, 0.25) is 0 Å². The van der Waals surface area contributed by atoms with Crippen LogP contribution in [0.4, 0.5) is 11.4 Å². The molecule has 1 aliphatic rings. The first-order valence-corrected chi connectivity index (χ1v) is 7.45. The number of anilines is 1. The molecule has 0 amide bonds. The van der Waals surface area contributed by atoms with Crippen molar-refractivity contribution in [1.29, 1.82) is 0 Å². The largest absolute Gasteiger partial charge is 0.484 e. The number of nitro benzene ring substituents is 1. The lowest BCUT2D eigenvalue weighted by molar-refractivity contribution is -0.385. The first-order chi connectivity index (χ1) is 10.0. The van der Waals surface area contributed by atoms with Gasteiger partial charge in [0.2, 0.25) is 0 Å². The van der Waals surface area contributed by atoms with Crippen molar-refractivity contribution in [1.82, 2.24) is 0 Å². The maximum atomic E-state index is 11.5. The van der Waals surface area contributed by atoms with Crippen LogP contribution in [-0.2, 0) is 0 Å². The molecule has 6 heteroatoms. The van der Waals surface area contributed by atoms with Crippen LogP contribution in [0.25, 0.3) is 0 Å². The quantitative estimate of drug-likeness (QED) is 0.666. The highest BCUT2D eigenvalue weighted by atomic mass is 16.6. The van der Waals surface area contributed by atoms with E-state index in [1.165, 1.54) is 0 Å². The fraction of sp³-hybridized carbons (Fsp3) is 0.600. The first kappa shape index (κ1) is 15.6. The molecule has 1 unspecified atom stereocenters. The molecule has 116 valence electrons. The maximum absolute atomic E-state index is 11.5. The molecule has 1 saturated heterocycles. The Labute approximate surface area is 125 Å². The maximum Gasteiger partial charge on any atom is 0.333 e. The molecule has 0 aromatic heterocycles. The molecule has 0 radical (unpaired) electrons. The minimum Gasteiger partial charge on any atom is -0.484 e. The van der Waals surface area contributed by atoms with E-state index in [1.54, 1.807) is 12.1 Å². The van der Waals surface area contributed by atoms with E-state index in [0.29, 0.717) is 18.0 Å². The Bertz CT molecular complexity index is 505. The number of rotatable bonds is 5. The summed E-state index contributed by atoms with van der Waals surface area (Å²) >= 11 is 0. The summed E-state index contributed by atoms with van der Waals surface area (Å²) in [5, 5.41) is 11.5. The number of nitrogens with two attached hydrogens (primary N) is 1. The number of piperidine rings is 1. The van der Waals surface area contributed by atoms with Crippen molar-refractivity contribution in [3.8, 4) is 5.75 Å². The first-order valence-electron chi connectivity index (χ1n) is 7.45. The van der Waals surface area contributed by atoms with Gasteiger partial charge in [-0.3, -0.25) is 10.1 Å². The summed E-state index contributed by atoms with van der Waals surface area (Å²) in [4.78, 5) is 13.2. The molecule has 0 aliphatic carbocycles. The van der Waals surface area contributed by atoms with Gasteiger partial charge in [0.1, 0.15) is 5.69 Å². The minimum atomic E-state index is -0.352. The molecular weight excluding hydrogens is 270 g/mol. The Kier molecular flexibility index (Phi) is 5.01. The smallest absolute Gasteiger partial charge is 0.333 e. The molecule has 21 heavy (non-hydrogen) atoms. The second-order valence-electron chi connectivity index (χ2n) is 5.63. The van der Waals surface area contributed by atoms with Crippen molar-refractivity contribution >= 4 is 11.4 Å². The van der Waals surface area contributed by atoms with Gasteiger partial charge < -0.3 is 15.4 Å². The second kappa shape index (κ2) is 6.76. The monoisotopic (exact) mass is 293 g/mol. The summed E-state index contributed by atoms with van der Waals surface area (Å²) < 4.78 is 5.61. The number of benzene rings is 1. The number of nitro groups is 1. The van der Waals surface area contributed by atoms with E-state index in [-0.39, 0.29) is 22.8 Å². The Hall–Kier alpha value is -1.82. The van der Waals surface area contributed by atoms with Crippen LogP contribution in [-0.4, -0.2) is 30.2 Å². The number of nitrogens with zero attached hydrogens (tertiary/aromatic N) is 2. The topological polar surface area (TPSA) is 81.6 Å². The average molecular weight is 293 g/mol. The number of para-hydroxylation sites is 1. The van der Waals surface area contributed by atoms with Gasteiger partial charge in [0.15, 0.2) is 5.75 Å². The molecule has 1 fully saturated rings. The molecular formula is C15H23N3O3. The standard InChI is InChI=1S/C15H23N3O3/c1-11(2)21-14-8-5-7-13(15(14)18(19)20)17-9-4-3-6-12(17)10-16/h5,7-8,11-12H,3-4,6,9-10,16H2,1-2H3. The fourth-order valence-corrected chi connectivity index (χ4v) is 2.84. The highest BCUT2D eigenvalue weighted by Gasteiger charge is 2.30. The third-order valence-electron chi connectivity index (χ3n) is 3.73. The predicted octanol–water partition coefficient (Wildman–Crippen LogP) is 2.70. The van der Waals surface area contributed by atoms with Gasteiger partial charge >= 0.3 is 5.69 Å². The zero-order chi connectivity index (χ0) is 15.4. The Morgan fingerprint density at radius 1 is 1.48 bits per heavy atom. The molecule has 1 aromatic carbocycles. The van der Waals surface area contributed by atoms with Gasteiger partial charge in [-0.2, -0.15) is 0 Å². The van der Waals surface area contributed by atoms with Crippen molar-refractivity contribution in [2.24, 2.45) is 5.73 Å². The van der Waals surface area contributed by atoms with Crippen molar-refractivity contribution in [2.45, 2.75) is 45.3 Å². The second-order valence-corrected chi connectivity index (χ2v) is 5.63. The molecule has 2 N–H and O–H groups in total. The summed E-state index contributed by atoms with van der Waals surface area (Å²) in [6.07, 6.45) is 3.02. The van der Waals surface area contributed by atoms with Crippen LogP contribution in [0.5, 0.6) is 5.75 Å². The average Bonchev–Trinajstić information content (AvgIpc) is 2.46. The van der Waals surface area contributed by atoms with Gasteiger partial charge in [-0.25, -0.2) is 0 Å². The molecule has 0 spiro atoms. The van der Waals surface area contributed by atoms with Gasteiger partial charge in [-0.1, -0.05) is 6.07 Å². The molecule has 0 bridgehead atoms. The fourth-order valence-electron chi connectivity index (χ4n) is 2.84. The summed E-state index contributed by atoms with van der Waals surface area (Å²) in [6, 6.07) is 5.41. The molecule has 1 aliphatic heterocycles. The van der Waals surface area contributed by atoms with Crippen LogP contribution in [0, 0.1) is 10.1 Å². The third-order valence-corrected chi connectivity index (χ3v) is 3.73. The zero-order valence-electron chi connectivity index (χ0n) is 12.6. The van der Waals surface area contributed by atoms with Crippen molar-refractivity contribution in [3.05, 3.63) is 28.3 Å². The van der Waals surface area contributed by atoms with Gasteiger partial charge in [-0.05, 0) is 45.2 Å². The Morgan fingerprint density at radius 2 is 2.24 bits per heavy atom. The SMILES string of the molecule is CC(C)Oc1cccc(N2CCCCC2CN)c1[N+](=O)[O-]. The molecule has 0 saturated carbocycles. The van der Waals surface area contributed by atoms with E-state index >= 15 is 0 Å². The zero-order valence-corrected chi connectivity index (χ0v) is 12.6. The van der Waals surface area contributed by atoms with E-state index in [9.17, 15) is 10.1 Å². The summed E-state index contributed by atoms with van der Waals surface area (Å²) in [5.74, 6) is 0.328. The predicted molar refractivity (Wildman–Crippen MR) is 82.9 cm³/mol. The van der Waals surface area contributed by atoms with Gasteiger partial charge in [0.25, 0.3) is 0 Å². The summed E-state index contributed by atoms with van der Waals surface area (Å²) in [7, 11) is 0. The molecule has 1 atom stereocenters. The van der Waals surface area contributed by atoms with Gasteiger partial charge in [0, 0.05) is 19.1 Å². The van der Waals surface area contributed by atoms with Gasteiger partial charge in [0.05, 0.1) is 11.0 Å². The highest BCUT2D eigenvalue weighted by molar-refractivity contribution is 5.70. The molecule has 6 nitrogen and oxygen atoms in total. The van der Waals surface area contributed by atoms with E-state index in [4.69, 9.17) is 10.5 Å². The van der Waals surface area contributed by atoms with Gasteiger partial charge in [-0.15, -0.1) is 0 Å². The van der Waals surface area contributed by atoms with Crippen LogP contribution >= 0.6 is 0 Å². The number of hydrogen-bond acceptors (Lipinski definition) is 5. The minimum absolute atomic E-state index is 0.0477. The third kappa shape index (κ3) is 3.44. The lowest BCUT2D eigenvalue weighted by Gasteiger charge is -2.36. The van der Waals surface area contributed by atoms with E-state index in [2.05, 4.69) is 4.90 Å². The van der Waals surface area contributed by atoms with Crippen LogP contribution in [0.15, 0.2) is 18.2 Å². The number of hydrogen-bond donors (Lipinski definition) is 1. The van der Waals surface area contributed by atoms with Crippen molar-refractivity contribution in [2.75, 3.05) is 18.0 Å². The lowest BCUT2D eigenvalue weighted by Crippen LogP contribution is -2.44. The Morgan fingerprint density at radius 3 is 2.86 bits per heavy atom. The van der Waals surface area contributed by atoms with Crippen molar-refractivity contribution < 1.29 is 9.66 Å². The summed E-state index contributed by atoms with van der Waals surface area (Å²) in [5.41, 5.74) is 6.50. The number of ether oxygens (including phenoxy) is 1. The van der Waals surface area contributed by atoms with E-state index in [1.807, 2.05) is 19.9 Å². The van der Waals surface area contributed by atoms with E-state index < -0.39 is 0 Å². The normalized spacial score (nSPS) is 18.9. The molecule has 1 heterocycles. The van der Waals surface area contributed by atoms with Crippen molar-refractivity contribution in [3.63, 3.8) is 0 Å².